The molecule has 1 heterocycles. The van der Waals surface area contributed by atoms with Crippen molar-refractivity contribution in [3.8, 4) is 0 Å². The molecule has 0 aliphatic heterocycles. The third-order valence-electron chi connectivity index (χ3n) is 2.82. The lowest BCUT2D eigenvalue weighted by molar-refractivity contribution is -0.138. The molecular weight excluding hydrogens is 278 g/mol. The second kappa shape index (κ2) is 6.25. The number of rotatable bonds is 5. The largest absolute Gasteiger partial charge is 0.481 e. The van der Waals surface area contributed by atoms with E-state index in [1.807, 2.05) is 6.07 Å². The summed E-state index contributed by atoms with van der Waals surface area (Å²) in [6.07, 6.45) is 0. The molecule has 20 heavy (non-hydrogen) atoms. The van der Waals surface area contributed by atoms with Gasteiger partial charge in [-0.25, -0.2) is 0 Å². The summed E-state index contributed by atoms with van der Waals surface area (Å²) in [6.45, 7) is 1.71. The first-order valence-corrected chi connectivity index (χ1v) is 6.72. The van der Waals surface area contributed by atoms with Crippen LogP contribution < -0.4 is 5.32 Å². The molecule has 0 bridgehead atoms. The fourth-order valence-electron chi connectivity index (χ4n) is 1.75. The standard InChI is InChI=1S/C13H13N3O3S/c1-8-11(20-16-15-8)12(17)14-7-10(13(18)19)9-5-3-2-4-6-9/h2-6,10H,7H2,1H3,(H,14,17)(H,18,19). The van der Waals surface area contributed by atoms with Crippen molar-refractivity contribution in [2.24, 2.45) is 0 Å². The van der Waals surface area contributed by atoms with E-state index in [9.17, 15) is 14.7 Å². The van der Waals surface area contributed by atoms with Crippen LogP contribution in [0.15, 0.2) is 30.3 Å². The second-order valence-corrected chi connectivity index (χ2v) is 4.95. The highest BCUT2D eigenvalue weighted by Crippen LogP contribution is 2.15. The van der Waals surface area contributed by atoms with Gasteiger partial charge in [0.25, 0.3) is 5.91 Å². The number of amides is 1. The minimum Gasteiger partial charge on any atom is -0.481 e. The number of aryl methyl sites for hydroxylation is 1. The van der Waals surface area contributed by atoms with E-state index in [1.54, 1.807) is 31.2 Å². The van der Waals surface area contributed by atoms with Gasteiger partial charge in [-0.2, -0.15) is 0 Å². The number of benzene rings is 1. The van der Waals surface area contributed by atoms with Crippen LogP contribution in [0.3, 0.4) is 0 Å². The van der Waals surface area contributed by atoms with Gasteiger partial charge in [0.15, 0.2) is 0 Å². The van der Waals surface area contributed by atoms with E-state index >= 15 is 0 Å². The number of carboxylic acids is 1. The summed E-state index contributed by atoms with van der Waals surface area (Å²) in [5, 5.41) is 15.6. The van der Waals surface area contributed by atoms with Crippen LogP contribution in [0.2, 0.25) is 0 Å². The van der Waals surface area contributed by atoms with E-state index in [-0.39, 0.29) is 12.5 Å². The number of carbonyl (C=O) groups is 2. The molecule has 104 valence electrons. The van der Waals surface area contributed by atoms with Crippen LogP contribution in [0.5, 0.6) is 0 Å². The van der Waals surface area contributed by atoms with E-state index in [0.29, 0.717) is 16.1 Å². The molecule has 7 heteroatoms. The summed E-state index contributed by atoms with van der Waals surface area (Å²) in [4.78, 5) is 23.6. The van der Waals surface area contributed by atoms with Gasteiger partial charge >= 0.3 is 5.97 Å². The first-order chi connectivity index (χ1) is 9.59. The Hall–Kier alpha value is -2.28. The molecule has 6 nitrogen and oxygen atoms in total. The summed E-state index contributed by atoms with van der Waals surface area (Å²) in [5.41, 5.74) is 1.19. The topological polar surface area (TPSA) is 92.2 Å². The molecule has 0 aliphatic rings. The van der Waals surface area contributed by atoms with Crippen molar-refractivity contribution in [3.63, 3.8) is 0 Å². The lowest BCUT2D eigenvalue weighted by Crippen LogP contribution is -2.31. The molecule has 0 fully saturated rings. The third-order valence-corrected chi connectivity index (χ3v) is 3.65. The zero-order valence-electron chi connectivity index (χ0n) is 10.7. The van der Waals surface area contributed by atoms with Crippen LogP contribution in [0, 0.1) is 6.92 Å². The van der Waals surface area contributed by atoms with Gasteiger partial charge in [-0.3, -0.25) is 9.59 Å². The molecular formula is C13H13N3O3S. The second-order valence-electron chi connectivity index (χ2n) is 4.20. The predicted octanol–water partition coefficient (Wildman–Crippen LogP) is 1.44. The Labute approximate surface area is 119 Å². The highest BCUT2D eigenvalue weighted by molar-refractivity contribution is 7.07. The van der Waals surface area contributed by atoms with Crippen LogP contribution in [0.4, 0.5) is 0 Å². The molecule has 1 atom stereocenters. The quantitative estimate of drug-likeness (QED) is 0.869. The monoisotopic (exact) mass is 291 g/mol. The Kier molecular flexibility index (Phi) is 4.41. The summed E-state index contributed by atoms with van der Waals surface area (Å²) in [5.74, 6) is -2.10. The van der Waals surface area contributed by atoms with E-state index in [1.165, 1.54) is 0 Å². The van der Waals surface area contributed by atoms with Gasteiger partial charge in [-0.1, -0.05) is 34.8 Å². The number of carboxylic acid groups (broad SMARTS) is 1. The van der Waals surface area contributed by atoms with Crippen molar-refractivity contribution in [2.75, 3.05) is 6.54 Å². The van der Waals surface area contributed by atoms with Gasteiger partial charge in [0.1, 0.15) is 4.88 Å². The molecule has 0 aliphatic carbocycles. The Morgan fingerprint density at radius 2 is 2.05 bits per heavy atom. The van der Waals surface area contributed by atoms with E-state index < -0.39 is 11.9 Å². The van der Waals surface area contributed by atoms with E-state index in [4.69, 9.17) is 0 Å². The van der Waals surface area contributed by atoms with Crippen molar-refractivity contribution in [1.29, 1.82) is 0 Å². The fourth-order valence-corrected chi connectivity index (χ4v) is 2.32. The smallest absolute Gasteiger partial charge is 0.312 e. The molecule has 0 saturated carbocycles. The van der Waals surface area contributed by atoms with Crippen molar-refractivity contribution >= 4 is 23.4 Å². The number of nitrogens with one attached hydrogen (secondary N) is 1. The van der Waals surface area contributed by atoms with Crippen LogP contribution in [0.25, 0.3) is 0 Å². The van der Waals surface area contributed by atoms with Crippen molar-refractivity contribution in [1.82, 2.24) is 14.9 Å². The number of hydrogen-bond acceptors (Lipinski definition) is 5. The maximum absolute atomic E-state index is 11.9. The first-order valence-electron chi connectivity index (χ1n) is 5.94. The van der Waals surface area contributed by atoms with E-state index in [0.717, 1.165) is 11.5 Å². The number of nitrogens with zero attached hydrogens (tertiary/aromatic N) is 2. The minimum absolute atomic E-state index is 0.0233. The molecule has 1 aromatic heterocycles. The number of hydrogen-bond donors (Lipinski definition) is 2. The first kappa shape index (κ1) is 14.1. The van der Waals surface area contributed by atoms with Gasteiger partial charge in [-0.05, 0) is 24.0 Å². The predicted molar refractivity (Wildman–Crippen MR) is 73.8 cm³/mol. The highest BCUT2D eigenvalue weighted by Gasteiger charge is 2.21. The maximum atomic E-state index is 11.9. The number of aliphatic carboxylic acids is 1. The highest BCUT2D eigenvalue weighted by atomic mass is 32.1. The van der Waals surface area contributed by atoms with Gasteiger partial charge in [0.2, 0.25) is 0 Å². The zero-order valence-corrected chi connectivity index (χ0v) is 11.6. The van der Waals surface area contributed by atoms with E-state index in [2.05, 4.69) is 14.9 Å². The summed E-state index contributed by atoms with van der Waals surface area (Å²) in [6, 6.07) is 8.80. The Morgan fingerprint density at radius 1 is 1.35 bits per heavy atom. The summed E-state index contributed by atoms with van der Waals surface area (Å²) < 4.78 is 3.68. The normalized spacial score (nSPS) is 11.8. The van der Waals surface area contributed by atoms with Crippen LogP contribution >= 0.6 is 11.5 Å². The average molecular weight is 291 g/mol. The summed E-state index contributed by atoms with van der Waals surface area (Å²) >= 11 is 0.993. The molecule has 1 unspecified atom stereocenters. The third kappa shape index (κ3) is 3.18. The molecule has 0 saturated heterocycles. The molecule has 2 N–H and O–H groups in total. The van der Waals surface area contributed by atoms with Gasteiger partial charge in [-0.15, -0.1) is 5.10 Å². The van der Waals surface area contributed by atoms with Gasteiger partial charge in [0.05, 0.1) is 11.6 Å². The Bertz CT molecular complexity index is 612. The molecule has 0 spiro atoms. The molecule has 0 radical (unpaired) electrons. The molecule has 1 amide bonds. The Morgan fingerprint density at radius 3 is 2.60 bits per heavy atom. The van der Waals surface area contributed by atoms with Crippen LogP contribution in [-0.4, -0.2) is 33.1 Å². The molecule has 1 aromatic carbocycles. The lowest BCUT2D eigenvalue weighted by atomic mass is 9.99. The number of aromatic nitrogens is 2. The van der Waals surface area contributed by atoms with Gasteiger partial charge < -0.3 is 10.4 Å². The van der Waals surface area contributed by atoms with Crippen LogP contribution in [-0.2, 0) is 4.79 Å². The van der Waals surface area contributed by atoms with Crippen molar-refractivity contribution < 1.29 is 14.7 Å². The minimum atomic E-state index is -0.976. The van der Waals surface area contributed by atoms with Crippen molar-refractivity contribution in [3.05, 3.63) is 46.5 Å². The molecule has 2 rings (SSSR count). The fraction of sp³-hybridized carbons (Fsp3) is 0.231. The molecule has 2 aromatic rings. The summed E-state index contributed by atoms with van der Waals surface area (Å²) in [7, 11) is 0. The van der Waals surface area contributed by atoms with Crippen molar-refractivity contribution in [2.45, 2.75) is 12.8 Å². The lowest BCUT2D eigenvalue weighted by Gasteiger charge is -2.13. The van der Waals surface area contributed by atoms with Gasteiger partial charge in [0, 0.05) is 6.54 Å². The maximum Gasteiger partial charge on any atom is 0.312 e. The van der Waals surface area contributed by atoms with Crippen LogP contribution in [0.1, 0.15) is 26.8 Å². The number of carbonyl (C=O) groups excluding carboxylic acids is 1. The Balaban J connectivity index is 2.06. The zero-order chi connectivity index (χ0) is 14.5. The average Bonchev–Trinajstić information content (AvgIpc) is 2.86. The SMILES string of the molecule is Cc1nnsc1C(=O)NCC(C(=O)O)c1ccccc1.